The molecule has 0 aromatic heterocycles. The fourth-order valence-corrected chi connectivity index (χ4v) is 5.66. The van der Waals surface area contributed by atoms with Gasteiger partial charge in [-0.2, -0.15) is 0 Å². The number of aliphatic hydroxyl groups is 1. The summed E-state index contributed by atoms with van der Waals surface area (Å²) in [7, 11) is -1.98. The molecule has 3 aliphatic rings. The molecule has 6 atom stereocenters. The van der Waals surface area contributed by atoms with Crippen molar-refractivity contribution in [2.24, 2.45) is 11.8 Å². The largest absolute Gasteiger partial charge is 0.410 e. The summed E-state index contributed by atoms with van der Waals surface area (Å²) in [5, 5.41) is 10.1. The molecule has 1 N–H and O–H groups in total. The quantitative estimate of drug-likeness (QED) is 0.590. The molecule has 5 nitrogen and oxygen atoms in total. The molecule has 0 saturated carbocycles. The Kier molecular flexibility index (Phi) is 5.79. The third-order valence-electron chi connectivity index (χ3n) is 7.12. The van der Waals surface area contributed by atoms with Crippen LogP contribution in [0.15, 0.2) is 42.0 Å². The van der Waals surface area contributed by atoms with Crippen molar-refractivity contribution >= 4 is 8.32 Å². The topological polar surface area (TPSA) is 57.2 Å². The highest BCUT2D eigenvalue weighted by Crippen LogP contribution is 2.48. The summed E-state index contributed by atoms with van der Waals surface area (Å²) >= 11 is 0. The molecule has 2 heterocycles. The minimum absolute atomic E-state index is 0.0396. The lowest BCUT2D eigenvalue weighted by Gasteiger charge is -2.48. The molecule has 0 amide bonds. The van der Waals surface area contributed by atoms with Gasteiger partial charge in [0.25, 0.3) is 0 Å². The average molecular weight is 419 g/mol. The van der Waals surface area contributed by atoms with E-state index in [9.17, 15) is 5.11 Å². The van der Waals surface area contributed by atoms with E-state index < -0.39 is 14.6 Å². The van der Waals surface area contributed by atoms with E-state index in [4.69, 9.17) is 18.6 Å². The number of hydrogen-bond donors (Lipinski definition) is 1. The van der Waals surface area contributed by atoms with Crippen molar-refractivity contribution < 1.29 is 23.7 Å². The van der Waals surface area contributed by atoms with Crippen molar-refractivity contribution in [1.29, 1.82) is 0 Å². The standard InChI is InChI=1S/C23H34O5Si/c1-23(2,3)29(4,5)28-18-11-16(12-24)17-13-25-19-14-26-22(27-21(19)20(17)18)15-9-7-6-8-10-15/h6-11,17-22,24H,12-14H2,1-5H3/t17-,18+,19-,20-,21-,22?/m1/s1. The normalized spacial score (nSPS) is 35.0. The molecule has 0 spiro atoms. The molecule has 1 aromatic carbocycles. The van der Waals surface area contributed by atoms with E-state index in [1.54, 1.807) is 0 Å². The number of ether oxygens (including phenoxy) is 3. The van der Waals surface area contributed by atoms with Crippen LogP contribution < -0.4 is 0 Å². The van der Waals surface area contributed by atoms with E-state index in [2.05, 4.69) is 39.9 Å². The molecule has 0 radical (unpaired) electrons. The summed E-state index contributed by atoms with van der Waals surface area (Å²) in [5.41, 5.74) is 2.03. The summed E-state index contributed by atoms with van der Waals surface area (Å²) in [5.74, 6) is 0.269. The van der Waals surface area contributed by atoms with Crippen molar-refractivity contribution in [3.63, 3.8) is 0 Å². The molecule has 2 saturated heterocycles. The van der Waals surface area contributed by atoms with Crippen molar-refractivity contribution in [1.82, 2.24) is 0 Å². The van der Waals surface area contributed by atoms with E-state index in [-0.39, 0.29) is 41.8 Å². The Morgan fingerprint density at radius 1 is 1.10 bits per heavy atom. The second-order valence-corrected chi connectivity index (χ2v) is 14.7. The molecule has 160 valence electrons. The van der Waals surface area contributed by atoms with Gasteiger partial charge in [0.1, 0.15) is 6.10 Å². The first-order valence-corrected chi connectivity index (χ1v) is 13.5. The first kappa shape index (κ1) is 21.2. The summed E-state index contributed by atoms with van der Waals surface area (Å²) in [4.78, 5) is 0. The van der Waals surface area contributed by atoms with Crippen LogP contribution in [0.4, 0.5) is 0 Å². The first-order chi connectivity index (χ1) is 13.7. The van der Waals surface area contributed by atoms with Gasteiger partial charge in [0.05, 0.1) is 32.0 Å². The molecule has 6 heteroatoms. The Morgan fingerprint density at radius 3 is 2.48 bits per heavy atom. The van der Waals surface area contributed by atoms with Crippen LogP contribution in [0.25, 0.3) is 0 Å². The van der Waals surface area contributed by atoms with Crippen LogP contribution in [0.5, 0.6) is 0 Å². The minimum Gasteiger partial charge on any atom is -0.410 e. The lowest BCUT2D eigenvalue weighted by atomic mass is 9.81. The van der Waals surface area contributed by atoms with E-state index in [0.29, 0.717) is 13.2 Å². The third kappa shape index (κ3) is 3.99. The Balaban J connectivity index is 1.60. The fraction of sp³-hybridized carbons (Fsp3) is 0.652. The van der Waals surface area contributed by atoms with Crippen LogP contribution in [0.2, 0.25) is 18.1 Å². The summed E-state index contributed by atoms with van der Waals surface area (Å²) < 4.78 is 25.4. The van der Waals surface area contributed by atoms with Gasteiger partial charge < -0.3 is 23.7 Å². The van der Waals surface area contributed by atoms with Gasteiger partial charge in [0, 0.05) is 17.4 Å². The van der Waals surface area contributed by atoms with Gasteiger partial charge >= 0.3 is 0 Å². The zero-order chi connectivity index (χ0) is 20.8. The van der Waals surface area contributed by atoms with Gasteiger partial charge in [0.2, 0.25) is 0 Å². The average Bonchev–Trinajstić information content (AvgIpc) is 3.05. The lowest BCUT2D eigenvalue weighted by molar-refractivity contribution is -0.301. The van der Waals surface area contributed by atoms with Gasteiger partial charge in [0.15, 0.2) is 14.6 Å². The van der Waals surface area contributed by atoms with Crippen molar-refractivity contribution in [2.75, 3.05) is 19.8 Å². The van der Waals surface area contributed by atoms with Gasteiger partial charge in [-0.25, -0.2) is 0 Å². The molecular weight excluding hydrogens is 384 g/mol. The highest BCUT2D eigenvalue weighted by atomic mass is 28.4. The van der Waals surface area contributed by atoms with Crippen molar-refractivity contribution in [3.8, 4) is 0 Å². The van der Waals surface area contributed by atoms with Crippen LogP contribution in [0, 0.1) is 11.8 Å². The highest BCUT2D eigenvalue weighted by Gasteiger charge is 2.54. The fourth-order valence-electron chi connectivity index (χ4n) is 4.40. The van der Waals surface area contributed by atoms with Gasteiger partial charge in [-0.15, -0.1) is 0 Å². The SMILES string of the molecule is CC(C)(C)[Si](C)(C)O[C@H]1C=C(CO)[C@H]2CO[C@@H]3COC(c4ccccc4)O[C@H]3[C@@H]12. The van der Waals surface area contributed by atoms with Crippen LogP contribution in [0.3, 0.4) is 0 Å². The molecular formula is C23H34O5Si. The predicted molar refractivity (Wildman–Crippen MR) is 114 cm³/mol. The minimum atomic E-state index is -1.98. The maximum atomic E-state index is 9.97. The number of aliphatic hydroxyl groups excluding tert-OH is 1. The van der Waals surface area contributed by atoms with Crippen LogP contribution in [-0.2, 0) is 18.6 Å². The molecule has 4 rings (SSSR count). The highest BCUT2D eigenvalue weighted by molar-refractivity contribution is 6.74. The van der Waals surface area contributed by atoms with Crippen LogP contribution in [0.1, 0.15) is 32.6 Å². The van der Waals surface area contributed by atoms with E-state index in [0.717, 1.165) is 11.1 Å². The molecule has 29 heavy (non-hydrogen) atoms. The number of benzene rings is 1. The predicted octanol–water partition coefficient (Wildman–Crippen LogP) is 4.05. The van der Waals surface area contributed by atoms with Gasteiger partial charge in [-0.05, 0) is 23.7 Å². The van der Waals surface area contributed by atoms with Crippen LogP contribution >= 0.6 is 0 Å². The molecule has 1 aliphatic carbocycles. The van der Waals surface area contributed by atoms with Gasteiger partial charge in [-0.1, -0.05) is 57.2 Å². The Hall–Kier alpha value is -1.02. The third-order valence-corrected chi connectivity index (χ3v) is 11.6. The molecule has 2 fully saturated rings. The van der Waals surface area contributed by atoms with Crippen LogP contribution in [-0.4, -0.2) is 51.6 Å². The molecule has 2 aliphatic heterocycles. The molecule has 0 bridgehead atoms. The summed E-state index contributed by atoms with van der Waals surface area (Å²) in [6.07, 6.45) is 1.45. The summed E-state index contributed by atoms with van der Waals surface area (Å²) in [6.45, 7) is 12.5. The number of fused-ring (bicyclic) bond motifs is 3. The smallest absolute Gasteiger partial charge is 0.192 e. The second-order valence-electron chi connectivity index (χ2n) is 9.97. The van der Waals surface area contributed by atoms with Gasteiger partial charge in [-0.3, -0.25) is 0 Å². The Labute approximate surface area is 175 Å². The zero-order valence-electron chi connectivity index (χ0n) is 18.1. The molecule has 1 aromatic rings. The maximum Gasteiger partial charge on any atom is 0.192 e. The van der Waals surface area contributed by atoms with E-state index in [1.165, 1.54) is 0 Å². The number of rotatable bonds is 4. The van der Waals surface area contributed by atoms with Crippen molar-refractivity contribution in [3.05, 3.63) is 47.5 Å². The van der Waals surface area contributed by atoms with E-state index >= 15 is 0 Å². The second kappa shape index (κ2) is 7.91. The van der Waals surface area contributed by atoms with E-state index in [1.807, 2.05) is 30.3 Å². The lowest BCUT2D eigenvalue weighted by Crippen LogP contribution is -2.57. The zero-order valence-corrected chi connectivity index (χ0v) is 19.1. The first-order valence-electron chi connectivity index (χ1n) is 10.6. The molecule has 1 unspecified atom stereocenters. The Bertz CT molecular complexity index is 741. The maximum absolute atomic E-state index is 9.97. The monoisotopic (exact) mass is 418 g/mol. The summed E-state index contributed by atoms with van der Waals surface area (Å²) in [6, 6.07) is 10.0. The van der Waals surface area contributed by atoms with Crippen molar-refractivity contribution in [2.45, 2.75) is 63.5 Å². The Morgan fingerprint density at radius 2 is 1.83 bits per heavy atom. The number of hydrogen-bond acceptors (Lipinski definition) is 5.